The highest BCUT2D eigenvalue weighted by molar-refractivity contribution is 5.89. The Morgan fingerprint density at radius 2 is 1.51 bits per heavy atom. The van der Waals surface area contributed by atoms with Crippen LogP contribution >= 0.6 is 0 Å². The lowest BCUT2D eigenvalue weighted by atomic mass is 9.94. The molecule has 0 aromatic heterocycles. The molecule has 5 heteroatoms. The van der Waals surface area contributed by atoms with E-state index in [1.807, 2.05) is 56.3 Å². The summed E-state index contributed by atoms with van der Waals surface area (Å²) in [6.07, 6.45) is 5.98. The molecule has 1 saturated carbocycles. The molecule has 1 aliphatic rings. The molecular formula is C32H37FN2O2. The van der Waals surface area contributed by atoms with Gasteiger partial charge in [-0.1, -0.05) is 91.1 Å². The minimum absolute atomic E-state index is 0.117. The maximum absolute atomic E-state index is 13.9. The molecule has 194 valence electrons. The van der Waals surface area contributed by atoms with Crippen molar-refractivity contribution in [3.63, 3.8) is 0 Å². The van der Waals surface area contributed by atoms with Crippen LogP contribution < -0.4 is 5.32 Å². The second-order valence-electron chi connectivity index (χ2n) is 10.4. The van der Waals surface area contributed by atoms with E-state index >= 15 is 0 Å². The summed E-state index contributed by atoms with van der Waals surface area (Å²) in [5, 5.41) is 3.26. The fraction of sp³-hybridized carbons (Fsp3) is 0.375. The molecule has 0 spiro atoms. The van der Waals surface area contributed by atoms with E-state index < -0.39 is 6.04 Å². The number of carbonyl (C=O) groups is 2. The maximum atomic E-state index is 13.9. The first-order valence-electron chi connectivity index (χ1n) is 13.3. The molecule has 0 heterocycles. The van der Waals surface area contributed by atoms with Crippen LogP contribution in [0.25, 0.3) is 0 Å². The van der Waals surface area contributed by atoms with Gasteiger partial charge in [-0.3, -0.25) is 9.59 Å². The minimum atomic E-state index is -0.673. The number of halogens is 1. The van der Waals surface area contributed by atoms with E-state index in [-0.39, 0.29) is 36.6 Å². The molecule has 37 heavy (non-hydrogen) atoms. The fourth-order valence-corrected chi connectivity index (χ4v) is 5.33. The SMILES string of the molecule is Cc1cc(C)cc(CC(=O)N(Cc2ccc(F)cc2)C(Cc2ccccc2)C(=O)NC2CCCCC2)c1. The Kier molecular flexibility index (Phi) is 9.10. The number of hydrogen-bond acceptors (Lipinski definition) is 2. The standard InChI is InChI=1S/C32H37FN2O2/c1-23-17-24(2)19-27(18-23)21-31(36)35(22-26-13-15-28(33)16-14-26)30(20-25-9-5-3-6-10-25)32(37)34-29-11-7-4-8-12-29/h3,5-6,9-10,13-19,29-30H,4,7-8,11-12,20-22H2,1-2H3,(H,34,37). The van der Waals surface area contributed by atoms with Crippen molar-refractivity contribution in [1.29, 1.82) is 0 Å². The summed E-state index contributed by atoms with van der Waals surface area (Å²) in [5.41, 5.74) is 4.92. The van der Waals surface area contributed by atoms with E-state index in [9.17, 15) is 14.0 Å². The molecule has 1 atom stereocenters. The summed E-state index contributed by atoms with van der Waals surface area (Å²) in [6, 6.07) is 21.6. The highest BCUT2D eigenvalue weighted by atomic mass is 19.1. The van der Waals surface area contributed by atoms with Crippen molar-refractivity contribution in [1.82, 2.24) is 10.2 Å². The topological polar surface area (TPSA) is 49.4 Å². The number of carbonyl (C=O) groups excluding carboxylic acids is 2. The monoisotopic (exact) mass is 500 g/mol. The maximum Gasteiger partial charge on any atom is 0.243 e. The van der Waals surface area contributed by atoms with Crippen molar-refractivity contribution in [2.24, 2.45) is 0 Å². The van der Waals surface area contributed by atoms with Gasteiger partial charge in [-0.25, -0.2) is 4.39 Å². The second-order valence-corrected chi connectivity index (χ2v) is 10.4. The number of hydrogen-bond donors (Lipinski definition) is 1. The van der Waals surface area contributed by atoms with Crippen LogP contribution in [0.3, 0.4) is 0 Å². The van der Waals surface area contributed by atoms with Gasteiger partial charge in [0, 0.05) is 19.0 Å². The van der Waals surface area contributed by atoms with Crippen LogP contribution in [-0.4, -0.2) is 28.8 Å². The van der Waals surface area contributed by atoms with Gasteiger partial charge < -0.3 is 10.2 Å². The molecule has 0 bridgehead atoms. The Labute approximate surface area is 219 Å². The number of aryl methyl sites for hydroxylation is 2. The van der Waals surface area contributed by atoms with Crippen LogP contribution in [0.15, 0.2) is 72.8 Å². The summed E-state index contributed by atoms with van der Waals surface area (Å²) in [5.74, 6) is -0.562. The molecule has 0 radical (unpaired) electrons. The first-order valence-corrected chi connectivity index (χ1v) is 13.3. The molecule has 1 fully saturated rings. The third-order valence-corrected chi connectivity index (χ3v) is 7.13. The quantitative estimate of drug-likeness (QED) is 0.387. The molecule has 0 aliphatic heterocycles. The lowest BCUT2D eigenvalue weighted by Crippen LogP contribution is -2.53. The Hall–Kier alpha value is -3.47. The number of benzene rings is 3. The summed E-state index contributed by atoms with van der Waals surface area (Å²) >= 11 is 0. The molecular weight excluding hydrogens is 463 g/mol. The smallest absolute Gasteiger partial charge is 0.243 e. The first-order chi connectivity index (χ1) is 17.9. The zero-order valence-corrected chi connectivity index (χ0v) is 21.9. The van der Waals surface area contributed by atoms with E-state index in [4.69, 9.17) is 0 Å². The molecule has 4 nitrogen and oxygen atoms in total. The van der Waals surface area contributed by atoms with Crippen molar-refractivity contribution in [3.05, 3.63) is 106 Å². The van der Waals surface area contributed by atoms with Gasteiger partial charge in [0.05, 0.1) is 6.42 Å². The average Bonchev–Trinajstić information content (AvgIpc) is 2.87. The number of amides is 2. The minimum Gasteiger partial charge on any atom is -0.352 e. The van der Waals surface area contributed by atoms with Gasteiger partial charge in [-0.15, -0.1) is 0 Å². The second kappa shape index (κ2) is 12.7. The zero-order valence-electron chi connectivity index (χ0n) is 21.9. The lowest BCUT2D eigenvalue weighted by Gasteiger charge is -2.33. The van der Waals surface area contributed by atoms with Crippen LogP contribution in [0, 0.1) is 19.7 Å². The van der Waals surface area contributed by atoms with Gasteiger partial charge in [0.1, 0.15) is 11.9 Å². The third kappa shape index (κ3) is 7.75. The normalized spacial score (nSPS) is 14.7. The van der Waals surface area contributed by atoms with Gasteiger partial charge >= 0.3 is 0 Å². The largest absolute Gasteiger partial charge is 0.352 e. The van der Waals surface area contributed by atoms with Crippen molar-refractivity contribution < 1.29 is 14.0 Å². The number of nitrogens with zero attached hydrogens (tertiary/aromatic N) is 1. The van der Waals surface area contributed by atoms with Crippen LogP contribution in [0.2, 0.25) is 0 Å². The van der Waals surface area contributed by atoms with Gasteiger partial charge in [0.25, 0.3) is 0 Å². The van der Waals surface area contributed by atoms with Gasteiger partial charge in [-0.05, 0) is 55.5 Å². The zero-order chi connectivity index (χ0) is 26.2. The molecule has 0 saturated heterocycles. The molecule has 3 aromatic rings. The average molecular weight is 501 g/mol. The summed E-state index contributed by atoms with van der Waals surface area (Å²) in [7, 11) is 0. The van der Waals surface area contributed by atoms with Crippen LogP contribution in [-0.2, 0) is 29.0 Å². The predicted octanol–water partition coefficient (Wildman–Crippen LogP) is 6.07. The van der Waals surface area contributed by atoms with E-state index in [1.54, 1.807) is 17.0 Å². The highest BCUT2D eigenvalue weighted by Gasteiger charge is 2.32. The molecule has 4 rings (SSSR count). The number of rotatable bonds is 9. The molecule has 1 unspecified atom stereocenters. The Bertz CT molecular complexity index is 1170. The van der Waals surface area contributed by atoms with E-state index in [0.29, 0.717) is 6.42 Å². The van der Waals surface area contributed by atoms with Crippen molar-refractivity contribution >= 4 is 11.8 Å². The summed E-state index contributed by atoms with van der Waals surface area (Å²) < 4.78 is 13.6. The molecule has 3 aromatic carbocycles. The van der Waals surface area contributed by atoms with E-state index in [0.717, 1.165) is 53.5 Å². The Morgan fingerprint density at radius 1 is 0.865 bits per heavy atom. The summed E-state index contributed by atoms with van der Waals surface area (Å²) in [4.78, 5) is 29.4. The van der Waals surface area contributed by atoms with Crippen molar-refractivity contribution in [3.8, 4) is 0 Å². The van der Waals surface area contributed by atoms with Crippen LogP contribution in [0.5, 0.6) is 0 Å². The van der Waals surface area contributed by atoms with Gasteiger partial charge in [0.15, 0.2) is 0 Å². The molecule has 2 amide bonds. The molecule has 1 aliphatic carbocycles. The Morgan fingerprint density at radius 3 is 2.16 bits per heavy atom. The van der Waals surface area contributed by atoms with E-state index in [2.05, 4.69) is 11.4 Å². The third-order valence-electron chi connectivity index (χ3n) is 7.13. The van der Waals surface area contributed by atoms with Crippen molar-refractivity contribution in [2.45, 2.75) is 77.4 Å². The summed E-state index contributed by atoms with van der Waals surface area (Å²) in [6.45, 7) is 4.28. The Balaban J connectivity index is 1.66. The highest BCUT2D eigenvalue weighted by Crippen LogP contribution is 2.21. The molecule has 1 N–H and O–H groups in total. The van der Waals surface area contributed by atoms with Crippen LogP contribution in [0.4, 0.5) is 4.39 Å². The number of nitrogens with one attached hydrogen (secondary N) is 1. The lowest BCUT2D eigenvalue weighted by molar-refractivity contribution is -0.141. The first kappa shape index (κ1) is 26.6. The fourth-order valence-electron chi connectivity index (χ4n) is 5.33. The van der Waals surface area contributed by atoms with E-state index in [1.165, 1.54) is 18.6 Å². The van der Waals surface area contributed by atoms with Gasteiger partial charge in [0.2, 0.25) is 11.8 Å². The predicted molar refractivity (Wildman–Crippen MR) is 146 cm³/mol. The van der Waals surface area contributed by atoms with Gasteiger partial charge in [-0.2, -0.15) is 0 Å². The van der Waals surface area contributed by atoms with Crippen LogP contribution in [0.1, 0.15) is 59.9 Å². The van der Waals surface area contributed by atoms with Crippen molar-refractivity contribution in [2.75, 3.05) is 0 Å².